The van der Waals surface area contributed by atoms with Crippen molar-refractivity contribution in [3.8, 4) is 0 Å². The van der Waals surface area contributed by atoms with Gasteiger partial charge in [-0.15, -0.1) is 0 Å². The molecular formula is C11H23NO2S2. The maximum absolute atomic E-state index is 11.5. The molecule has 0 amide bonds. The van der Waals surface area contributed by atoms with Gasteiger partial charge in [0, 0.05) is 24.1 Å². The summed E-state index contributed by atoms with van der Waals surface area (Å²) in [5.74, 6) is 1.08. The highest BCUT2D eigenvalue weighted by Gasteiger charge is 2.29. The molecule has 1 fully saturated rings. The molecule has 3 nitrogen and oxygen atoms in total. The molecule has 0 radical (unpaired) electrons. The number of thioether (sulfide) groups is 1. The summed E-state index contributed by atoms with van der Waals surface area (Å²) in [4.78, 5) is 0. The quantitative estimate of drug-likeness (QED) is 0.821. The summed E-state index contributed by atoms with van der Waals surface area (Å²) >= 11 is 1.82. The summed E-state index contributed by atoms with van der Waals surface area (Å²) in [7, 11) is -2.85. The second-order valence-corrected chi connectivity index (χ2v) is 8.07. The third-order valence-corrected chi connectivity index (χ3v) is 5.64. The van der Waals surface area contributed by atoms with Gasteiger partial charge in [-0.3, -0.25) is 0 Å². The van der Waals surface area contributed by atoms with Crippen molar-refractivity contribution in [3.05, 3.63) is 0 Å². The molecule has 1 aliphatic carbocycles. The molecular weight excluding hydrogens is 242 g/mol. The molecule has 0 spiro atoms. The molecule has 0 aliphatic heterocycles. The zero-order valence-corrected chi connectivity index (χ0v) is 12.0. The van der Waals surface area contributed by atoms with Crippen LogP contribution in [0.1, 0.15) is 32.6 Å². The van der Waals surface area contributed by atoms with Crippen molar-refractivity contribution in [1.29, 1.82) is 0 Å². The molecule has 1 N–H and O–H groups in total. The van der Waals surface area contributed by atoms with E-state index >= 15 is 0 Å². The van der Waals surface area contributed by atoms with Gasteiger partial charge in [0.1, 0.15) is 9.84 Å². The van der Waals surface area contributed by atoms with E-state index in [2.05, 4.69) is 18.5 Å². The molecule has 3 unspecified atom stereocenters. The minimum Gasteiger partial charge on any atom is -0.311 e. The van der Waals surface area contributed by atoms with E-state index in [0.717, 1.165) is 31.4 Å². The van der Waals surface area contributed by atoms with Crippen LogP contribution in [0, 0.1) is 0 Å². The number of sulfone groups is 1. The molecule has 0 saturated heterocycles. The Morgan fingerprint density at radius 1 is 1.44 bits per heavy atom. The molecule has 0 heterocycles. The summed E-state index contributed by atoms with van der Waals surface area (Å²) in [5.41, 5.74) is 0. The molecule has 96 valence electrons. The summed E-state index contributed by atoms with van der Waals surface area (Å²) in [6, 6.07) is 0.855. The van der Waals surface area contributed by atoms with Crippen LogP contribution >= 0.6 is 11.8 Å². The maximum Gasteiger partial charge on any atom is 0.150 e. The van der Waals surface area contributed by atoms with Crippen molar-refractivity contribution < 1.29 is 8.42 Å². The van der Waals surface area contributed by atoms with Crippen LogP contribution in [0.15, 0.2) is 0 Å². The fourth-order valence-electron chi connectivity index (χ4n) is 2.39. The van der Waals surface area contributed by atoms with E-state index in [1.54, 1.807) is 0 Å². The Morgan fingerprint density at radius 2 is 2.12 bits per heavy atom. The summed E-state index contributed by atoms with van der Waals surface area (Å²) in [6.07, 6.45) is 7.24. The van der Waals surface area contributed by atoms with Gasteiger partial charge in [0.05, 0.1) is 5.25 Å². The lowest BCUT2D eigenvalue weighted by Crippen LogP contribution is -2.43. The Morgan fingerprint density at radius 3 is 2.69 bits per heavy atom. The fraction of sp³-hybridized carbons (Fsp3) is 1.00. The van der Waals surface area contributed by atoms with E-state index in [1.807, 2.05) is 11.8 Å². The SMILES string of the molecule is CSCC(C)NC1CCCC(S(C)(=O)=O)C1. The van der Waals surface area contributed by atoms with Crippen LogP contribution in [0.4, 0.5) is 0 Å². The number of hydrogen-bond acceptors (Lipinski definition) is 4. The summed E-state index contributed by atoms with van der Waals surface area (Å²) in [6.45, 7) is 2.17. The largest absolute Gasteiger partial charge is 0.311 e. The Bertz CT molecular complexity index is 303. The van der Waals surface area contributed by atoms with Gasteiger partial charge in [0.25, 0.3) is 0 Å². The van der Waals surface area contributed by atoms with Crippen LogP contribution in [0.2, 0.25) is 0 Å². The van der Waals surface area contributed by atoms with E-state index in [-0.39, 0.29) is 5.25 Å². The summed E-state index contributed by atoms with van der Waals surface area (Å²) < 4.78 is 23.0. The molecule has 1 saturated carbocycles. The van der Waals surface area contributed by atoms with Gasteiger partial charge >= 0.3 is 0 Å². The first-order valence-electron chi connectivity index (χ1n) is 5.87. The Labute approximate surface area is 104 Å². The average molecular weight is 265 g/mol. The van der Waals surface area contributed by atoms with Crippen molar-refractivity contribution >= 4 is 21.6 Å². The third-order valence-electron chi connectivity index (χ3n) is 3.17. The molecule has 5 heteroatoms. The van der Waals surface area contributed by atoms with Gasteiger partial charge in [-0.2, -0.15) is 11.8 Å². The van der Waals surface area contributed by atoms with Gasteiger partial charge < -0.3 is 5.32 Å². The molecule has 0 aromatic rings. The predicted octanol–water partition coefficient (Wildman–Crippen LogP) is 1.68. The van der Waals surface area contributed by atoms with Gasteiger partial charge in [-0.1, -0.05) is 6.42 Å². The first kappa shape index (κ1) is 14.3. The third kappa shape index (κ3) is 4.63. The lowest BCUT2D eigenvalue weighted by atomic mass is 9.94. The zero-order chi connectivity index (χ0) is 12.2. The molecule has 0 bridgehead atoms. The lowest BCUT2D eigenvalue weighted by molar-refractivity contribution is 0.353. The van der Waals surface area contributed by atoms with Crippen molar-refractivity contribution in [2.24, 2.45) is 0 Å². The first-order valence-corrected chi connectivity index (χ1v) is 9.22. The molecule has 1 rings (SSSR count). The van der Waals surface area contributed by atoms with E-state index in [0.29, 0.717) is 12.1 Å². The number of rotatable bonds is 5. The van der Waals surface area contributed by atoms with Crippen molar-refractivity contribution in [3.63, 3.8) is 0 Å². The number of hydrogen-bond donors (Lipinski definition) is 1. The Kier molecular flexibility index (Phi) is 5.61. The minimum absolute atomic E-state index is 0.125. The van der Waals surface area contributed by atoms with E-state index in [1.165, 1.54) is 6.26 Å². The Balaban J connectivity index is 2.45. The van der Waals surface area contributed by atoms with Crippen LogP contribution in [0.25, 0.3) is 0 Å². The highest BCUT2D eigenvalue weighted by molar-refractivity contribution is 7.98. The number of nitrogens with one attached hydrogen (secondary N) is 1. The second-order valence-electron chi connectivity index (χ2n) is 4.84. The van der Waals surface area contributed by atoms with Crippen molar-refractivity contribution in [2.75, 3.05) is 18.3 Å². The topological polar surface area (TPSA) is 46.2 Å². The summed E-state index contributed by atoms with van der Waals surface area (Å²) in [5, 5.41) is 3.41. The highest BCUT2D eigenvalue weighted by atomic mass is 32.2. The van der Waals surface area contributed by atoms with Crippen LogP contribution < -0.4 is 5.32 Å². The van der Waals surface area contributed by atoms with Crippen LogP contribution in [0.3, 0.4) is 0 Å². The van der Waals surface area contributed by atoms with Crippen molar-refractivity contribution in [1.82, 2.24) is 5.32 Å². The Hall–Kier alpha value is 0.260. The zero-order valence-electron chi connectivity index (χ0n) is 10.4. The molecule has 1 aliphatic rings. The van der Waals surface area contributed by atoms with E-state index in [4.69, 9.17) is 0 Å². The lowest BCUT2D eigenvalue weighted by Gasteiger charge is -2.30. The highest BCUT2D eigenvalue weighted by Crippen LogP contribution is 2.24. The molecule has 3 atom stereocenters. The fourth-order valence-corrected chi connectivity index (χ4v) is 4.16. The molecule has 0 aromatic carbocycles. The van der Waals surface area contributed by atoms with Gasteiger partial charge in [-0.25, -0.2) is 8.42 Å². The molecule has 16 heavy (non-hydrogen) atoms. The van der Waals surface area contributed by atoms with Crippen LogP contribution in [0.5, 0.6) is 0 Å². The van der Waals surface area contributed by atoms with Gasteiger partial charge in [0.15, 0.2) is 0 Å². The van der Waals surface area contributed by atoms with Gasteiger partial charge in [-0.05, 0) is 32.4 Å². The normalized spacial score (nSPS) is 28.9. The monoisotopic (exact) mass is 265 g/mol. The smallest absolute Gasteiger partial charge is 0.150 e. The van der Waals surface area contributed by atoms with Crippen LogP contribution in [-0.2, 0) is 9.84 Å². The van der Waals surface area contributed by atoms with Gasteiger partial charge in [0.2, 0.25) is 0 Å². The average Bonchev–Trinajstić information content (AvgIpc) is 2.17. The van der Waals surface area contributed by atoms with Crippen LogP contribution in [-0.4, -0.2) is 44.0 Å². The second kappa shape index (κ2) is 6.26. The minimum atomic E-state index is -2.85. The van der Waals surface area contributed by atoms with E-state index < -0.39 is 9.84 Å². The van der Waals surface area contributed by atoms with Crippen molar-refractivity contribution in [2.45, 2.75) is 49.9 Å². The maximum atomic E-state index is 11.5. The predicted molar refractivity (Wildman–Crippen MR) is 71.9 cm³/mol. The van der Waals surface area contributed by atoms with E-state index in [9.17, 15) is 8.42 Å². The standard InChI is InChI=1S/C11H23NO2S2/c1-9(8-15-2)12-10-5-4-6-11(7-10)16(3,13)14/h9-12H,4-8H2,1-3H3. The first-order chi connectivity index (χ1) is 7.43. The molecule has 0 aromatic heterocycles.